The molecule has 26 heavy (non-hydrogen) atoms. The predicted octanol–water partition coefficient (Wildman–Crippen LogP) is 2.28. The maximum Gasteiger partial charge on any atom is 0.434 e. The first-order valence-corrected chi connectivity index (χ1v) is 7.85. The Morgan fingerprint density at radius 3 is 2.73 bits per heavy atom. The van der Waals surface area contributed by atoms with Crippen LogP contribution in [0.1, 0.15) is 40.0 Å². The van der Waals surface area contributed by atoms with Gasteiger partial charge in [-0.15, -0.1) is 24.8 Å². The molecule has 0 aliphatic carbocycles. The van der Waals surface area contributed by atoms with Crippen molar-refractivity contribution in [1.29, 1.82) is 0 Å². The van der Waals surface area contributed by atoms with E-state index in [0.717, 1.165) is 12.8 Å². The molecule has 1 heterocycles. The van der Waals surface area contributed by atoms with Crippen LogP contribution in [0.4, 0.5) is 5.95 Å². The van der Waals surface area contributed by atoms with Crippen molar-refractivity contribution in [2.75, 3.05) is 6.54 Å². The van der Waals surface area contributed by atoms with Gasteiger partial charge in [0.25, 0.3) is 0 Å². The summed E-state index contributed by atoms with van der Waals surface area (Å²) in [5, 5.41) is 23.4. The van der Waals surface area contributed by atoms with Crippen LogP contribution in [0.3, 0.4) is 0 Å². The van der Waals surface area contributed by atoms with Gasteiger partial charge in [-0.1, -0.05) is 23.5 Å². The Morgan fingerprint density at radius 2 is 2.23 bits per heavy atom. The summed E-state index contributed by atoms with van der Waals surface area (Å²) in [6.07, 6.45) is 4.85. The number of hydrogen-bond acceptors (Lipinski definition) is 8. The molecule has 0 radical (unpaired) electrons. The average molecular weight is 415 g/mol. The molecule has 0 spiro atoms. The zero-order valence-corrected chi connectivity index (χ0v) is 16.8. The van der Waals surface area contributed by atoms with Gasteiger partial charge in [0.1, 0.15) is 25.0 Å². The van der Waals surface area contributed by atoms with E-state index >= 15 is 0 Å². The monoisotopic (exact) mass is 414 g/mol. The lowest BCUT2D eigenvalue weighted by atomic mass is 9.95. The molecule has 0 fully saturated rings. The van der Waals surface area contributed by atoms with Gasteiger partial charge in [0, 0.05) is 6.54 Å². The van der Waals surface area contributed by atoms with E-state index in [1.165, 1.54) is 17.0 Å². The molecule has 0 aliphatic heterocycles. The highest BCUT2D eigenvalue weighted by molar-refractivity contribution is 5.92. The summed E-state index contributed by atoms with van der Waals surface area (Å²) < 4.78 is 1.37. The second kappa shape index (κ2) is 12.8. The predicted molar refractivity (Wildman–Crippen MR) is 103 cm³/mol. The van der Waals surface area contributed by atoms with Gasteiger partial charge in [0.15, 0.2) is 0 Å². The third kappa shape index (κ3) is 7.83. The second-order valence-corrected chi connectivity index (χ2v) is 5.99. The lowest BCUT2D eigenvalue weighted by molar-refractivity contribution is -0.397. The summed E-state index contributed by atoms with van der Waals surface area (Å²) >= 11 is 0. The number of nitrogens with one attached hydrogen (secondary N) is 1. The van der Waals surface area contributed by atoms with Crippen LogP contribution in [0, 0.1) is 10.1 Å². The third-order valence-electron chi connectivity index (χ3n) is 3.61. The van der Waals surface area contributed by atoms with E-state index < -0.39 is 16.6 Å². The van der Waals surface area contributed by atoms with Crippen LogP contribution >= 0.6 is 24.8 Å². The smallest absolute Gasteiger partial charge is 0.411 e. The van der Waals surface area contributed by atoms with Crippen molar-refractivity contribution in [2.24, 2.45) is 10.9 Å². The minimum atomic E-state index is -0.696. The van der Waals surface area contributed by atoms with Crippen molar-refractivity contribution in [2.45, 2.75) is 58.2 Å². The molecule has 4 N–H and O–H groups in total. The van der Waals surface area contributed by atoms with Crippen LogP contribution < -0.4 is 11.2 Å². The van der Waals surface area contributed by atoms with Crippen molar-refractivity contribution < 1.29 is 15.0 Å². The largest absolute Gasteiger partial charge is 0.434 e. The third-order valence-corrected chi connectivity index (χ3v) is 3.61. The van der Waals surface area contributed by atoms with Gasteiger partial charge in [-0.3, -0.25) is 4.84 Å². The zero-order valence-electron chi connectivity index (χ0n) is 15.1. The molecule has 0 amide bonds. The first-order valence-electron chi connectivity index (χ1n) is 7.85. The highest BCUT2D eigenvalue weighted by atomic mass is 35.5. The minimum Gasteiger partial charge on any atom is -0.411 e. The fraction of sp³-hybridized carbons (Fsp3) is 0.714. The summed E-state index contributed by atoms with van der Waals surface area (Å²) in [6.45, 7) is 6.03. The maximum atomic E-state index is 10.9. The highest BCUT2D eigenvalue weighted by Crippen LogP contribution is 2.14. The number of rotatable bonds is 11. The highest BCUT2D eigenvalue weighted by Gasteiger charge is 2.27. The first-order chi connectivity index (χ1) is 11.4. The van der Waals surface area contributed by atoms with Crippen molar-refractivity contribution in [3.8, 4) is 0 Å². The number of nitro groups is 1. The number of hydroxylamine groups is 1. The lowest BCUT2D eigenvalue weighted by Gasteiger charge is -2.29. The zero-order chi connectivity index (χ0) is 18.2. The van der Waals surface area contributed by atoms with Gasteiger partial charge in [-0.2, -0.15) is 5.48 Å². The Balaban J connectivity index is 0. The Labute approximate surface area is 165 Å². The van der Waals surface area contributed by atoms with Crippen LogP contribution in [0.2, 0.25) is 0 Å². The Hall–Kier alpha value is -1.46. The summed E-state index contributed by atoms with van der Waals surface area (Å²) in [5.74, 6) is -0.267. The van der Waals surface area contributed by atoms with Gasteiger partial charge >= 0.3 is 5.95 Å². The van der Waals surface area contributed by atoms with E-state index in [1.54, 1.807) is 0 Å². The van der Waals surface area contributed by atoms with Crippen molar-refractivity contribution >= 4 is 36.5 Å². The van der Waals surface area contributed by atoms with E-state index in [2.05, 4.69) is 15.6 Å². The first kappa shape index (κ1) is 26.8. The normalized spacial score (nSPS) is 12.8. The summed E-state index contributed by atoms with van der Waals surface area (Å²) in [7, 11) is 0. The number of nitrogens with two attached hydrogens (primary N) is 1. The topological polar surface area (TPSA) is 141 Å². The molecule has 0 saturated carbocycles. The van der Waals surface area contributed by atoms with Crippen molar-refractivity contribution in [3.63, 3.8) is 0 Å². The van der Waals surface area contributed by atoms with E-state index in [4.69, 9.17) is 10.6 Å². The Kier molecular flexibility index (Phi) is 13.2. The summed E-state index contributed by atoms with van der Waals surface area (Å²) in [5.41, 5.74) is 8.41. The minimum absolute atomic E-state index is 0. The molecule has 0 saturated heterocycles. The number of unbranched alkanes of at least 4 members (excludes halogenated alkanes) is 1. The molecule has 0 aliphatic rings. The van der Waals surface area contributed by atoms with Gasteiger partial charge < -0.3 is 21.1 Å². The lowest BCUT2D eigenvalue weighted by Crippen LogP contribution is -2.49. The molecular weight excluding hydrogens is 387 g/mol. The van der Waals surface area contributed by atoms with Crippen molar-refractivity contribution in [3.05, 3.63) is 22.5 Å². The molecule has 0 aromatic carbocycles. The summed E-state index contributed by atoms with van der Waals surface area (Å²) in [4.78, 5) is 19.6. The molecule has 12 heteroatoms. The number of imidazole rings is 1. The fourth-order valence-electron chi connectivity index (χ4n) is 2.12. The Bertz CT molecular complexity index is 567. The summed E-state index contributed by atoms with van der Waals surface area (Å²) in [6, 6.07) is 0. The van der Waals surface area contributed by atoms with Crippen LogP contribution in [0.15, 0.2) is 17.5 Å². The Morgan fingerprint density at radius 1 is 1.58 bits per heavy atom. The van der Waals surface area contributed by atoms with E-state index in [1.807, 2.05) is 20.8 Å². The van der Waals surface area contributed by atoms with Crippen LogP contribution in [-0.4, -0.2) is 43.6 Å². The van der Waals surface area contributed by atoms with Gasteiger partial charge in [-0.05, 0) is 31.6 Å². The van der Waals surface area contributed by atoms with Crippen LogP contribution in [0.5, 0.6) is 0 Å². The maximum absolute atomic E-state index is 10.9. The number of oxime groups is 1. The molecule has 152 valence electrons. The van der Waals surface area contributed by atoms with E-state index in [-0.39, 0.29) is 43.9 Å². The second-order valence-electron chi connectivity index (χ2n) is 5.99. The standard InChI is InChI=1S/C14H26N6O4.2ClH/c1-4-5-6-12(17-21)14(2,3)18-24-11(9-15)10-19-8-7-16-13(19)20(22)23;;/h7-8,11,18,21H,4-6,9-10,15H2,1-3H3;2*1H. The van der Waals surface area contributed by atoms with E-state index in [9.17, 15) is 15.3 Å². The number of nitrogens with zero attached hydrogens (tertiary/aromatic N) is 4. The molecule has 1 unspecified atom stereocenters. The van der Waals surface area contributed by atoms with Crippen LogP contribution in [0.25, 0.3) is 0 Å². The van der Waals surface area contributed by atoms with E-state index in [0.29, 0.717) is 12.1 Å². The quantitative estimate of drug-likeness (QED) is 0.218. The van der Waals surface area contributed by atoms with Gasteiger partial charge in [0.2, 0.25) is 0 Å². The molecule has 10 nitrogen and oxygen atoms in total. The van der Waals surface area contributed by atoms with Crippen LogP contribution in [-0.2, 0) is 11.4 Å². The fourth-order valence-corrected chi connectivity index (χ4v) is 2.12. The van der Waals surface area contributed by atoms with Gasteiger partial charge in [-0.25, -0.2) is 4.57 Å². The number of halogens is 2. The average Bonchev–Trinajstić information content (AvgIpc) is 3.00. The SMILES string of the molecule is CCCCC(=NO)C(C)(C)NOC(CN)Cn1ccnc1[N+](=O)[O-].Cl.Cl. The molecule has 0 bridgehead atoms. The molecule has 1 aromatic heterocycles. The molecule has 1 aromatic rings. The molecular formula is C14H28Cl2N6O4. The molecule has 1 rings (SSSR count). The molecule has 1 atom stereocenters. The number of hydrogen-bond donors (Lipinski definition) is 3. The van der Waals surface area contributed by atoms with Crippen molar-refractivity contribution in [1.82, 2.24) is 15.0 Å². The number of aromatic nitrogens is 2. The van der Waals surface area contributed by atoms with Gasteiger partial charge in [0.05, 0.1) is 11.3 Å².